The number of aromatic nitrogens is 1. The molecule has 1 heterocycles. The normalized spacial score (nSPS) is 10.1. The Morgan fingerprint density at radius 2 is 2.21 bits per heavy atom. The van der Waals surface area contributed by atoms with E-state index in [9.17, 15) is 9.59 Å². The summed E-state index contributed by atoms with van der Waals surface area (Å²) in [4.78, 5) is 21.8. The highest BCUT2D eigenvalue weighted by Gasteiger charge is 2.04. The van der Waals surface area contributed by atoms with Gasteiger partial charge in [-0.15, -0.1) is 0 Å². The molecule has 0 aromatic carbocycles. The van der Waals surface area contributed by atoms with Crippen molar-refractivity contribution in [1.29, 1.82) is 0 Å². The molecule has 0 radical (unpaired) electrons. The average Bonchev–Trinajstić information content (AvgIpc) is 2.62. The topological polar surface area (TPSA) is 65.1 Å². The molecule has 4 nitrogen and oxygen atoms in total. The Balaban J connectivity index is 2.59. The van der Waals surface area contributed by atoms with Crippen molar-refractivity contribution in [1.82, 2.24) is 4.57 Å². The Hall–Kier alpha value is -1.58. The minimum Gasteiger partial charge on any atom is -0.370 e. The summed E-state index contributed by atoms with van der Waals surface area (Å²) in [6.45, 7) is 2.36. The molecule has 0 unspecified atom stereocenters. The van der Waals surface area contributed by atoms with Gasteiger partial charge in [-0.2, -0.15) is 0 Å². The van der Waals surface area contributed by atoms with Crippen LogP contribution in [0.5, 0.6) is 0 Å². The molecular formula is C10H14N2O2. The maximum atomic E-state index is 11.3. The number of hydrogen-bond acceptors (Lipinski definition) is 2. The first-order valence-electron chi connectivity index (χ1n) is 4.60. The molecule has 0 aliphatic rings. The number of carbonyl (C=O) groups excluding carboxylic acids is 2. The fourth-order valence-corrected chi connectivity index (χ4v) is 1.19. The van der Waals surface area contributed by atoms with E-state index in [1.54, 1.807) is 23.0 Å². The second-order valence-electron chi connectivity index (χ2n) is 3.13. The van der Waals surface area contributed by atoms with E-state index in [4.69, 9.17) is 5.73 Å². The van der Waals surface area contributed by atoms with E-state index >= 15 is 0 Å². The van der Waals surface area contributed by atoms with Gasteiger partial charge in [0.05, 0.1) is 0 Å². The Bertz CT molecular complexity index is 342. The van der Waals surface area contributed by atoms with Gasteiger partial charge in [0.15, 0.2) is 5.78 Å². The van der Waals surface area contributed by atoms with Gasteiger partial charge < -0.3 is 10.3 Å². The third-order valence-electron chi connectivity index (χ3n) is 2.01. The zero-order valence-electron chi connectivity index (χ0n) is 8.19. The van der Waals surface area contributed by atoms with E-state index in [0.717, 1.165) is 0 Å². The molecule has 0 saturated heterocycles. The molecule has 76 valence electrons. The highest BCUT2D eigenvalue weighted by Crippen LogP contribution is 2.05. The van der Waals surface area contributed by atoms with Crippen molar-refractivity contribution in [3.63, 3.8) is 0 Å². The van der Waals surface area contributed by atoms with E-state index in [1.165, 1.54) is 0 Å². The van der Waals surface area contributed by atoms with E-state index in [2.05, 4.69) is 0 Å². The van der Waals surface area contributed by atoms with Gasteiger partial charge in [-0.05, 0) is 6.07 Å². The van der Waals surface area contributed by atoms with Crippen LogP contribution in [0.4, 0.5) is 0 Å². The third-order valence-corrected chi connectivity index (χ3v) is 2.01. The van der Waals surface area contributed by atoms with E-state index in [0.29, 0.717) is 24.9 Å². The van der Waals surface area contributed by atoms with Crippen LogP contribution >= 0.6 is 0 Å². The molecule has 0 saturated carbocycles. The molecule has 4 heteroatoms. The lowest BCUT2D eigenvalue weighted by atomic mass is 10.2. The molecule has 2 N–H and O–H groups in total. The summed E-state index contributed by atoms with van der Waals surface area (Å²) in [7, 11) is 0. The van der Waals surface area contributed by atoms with Crippen LogP contribution in [0.2, 0.25) is 0 Å². The van der Waals surface area contributed by atoms with E-state index in [1.807, 2.05) is 6.92 Å². The number of carbonyl (C=O) groups is 2. The maximum Gasteiger partial charge on any atom is 0.219 e. The molecule has 0 aliphatic carbocycles. The fraction of sp³-hybridized carbons (Fsp3) is 0.400. The molecule has 0 fully saturated rings. The largest absolute Gasteiger partial charge is 0.370 e. The van der Waals surface area contributed by atoms with Gasteiger partial charge in [-0.25, -0.2) is 0 Å². The van der Waals surface area contributed by atoms with Crippen molar-refractivity contribution in [2.24, 2.45) is 5.73 Å². The molecule has 1 amide bonds. The van der Waals surface area contributed by atoms with Crippen LogP contribution in [0.25, 0.3) is 0 Å². The number of ketones is 1. The number of aryl methyl sites for hydroxylation is 1. The standard InChI is InChI=1S/C10H14N2O2/c1-2-9(13)8-3-5-12(7-8)6-4-10(11)14/h3,5,7H,2,4,6H2,1H3,(H2,11,14). The van der Waals surface area contributed by atoms with Crippen LogP contribution in [-0.4, -0.2) is 16.3 Å². The minimum absolute atomic E-state index is 0.114. The van der Waals surface area contributed by atoms with Gasteiger partial charge in [0.1, 0.15) is 0 Å². The molecule has 14 heavy (non-hydrogen) atoms. The van der Waals surface area contributed by atoms with Crippen LogP contribution in [0.3, 0.4) is 0 Å². The van der Waals surface area contributed by atoms with E-state index in [-0.39, 0.29) is 11.7 Å². The monoisotopic (exact) mass is 194 g/mol. The van der Waals surface area contributed by atoms with Gasteiger partial charge in [-0.1, -0.05) is 6.92 Å². The molecular weight excluding hydrogens is 180 g/mol. The smallest absolute Gasteiger partial charge is 0.219 e. The molecule has 0 bridgehead atoms. The van der Waals surface area contributed by atoms with Crippen molar-refractivity contribution in [2.75, 3.05) is 0 Å². The highest BCUT2D eigenvalue weighted by molar-refractivity contribution is 5.95. The second kappa shape index (κ2) is 4.60. The van der Waals surface area contributed by atoms with Gasteiger partial charge in [0.25, 0.3) is 0 Å². The van der Waals surface area contributed by atoms with Crippen LogP contribution < -0.4 is 5.73 Å². The SMILES string of the molecule is CCC(=O)c1ccn(CCC(N)=O)c1. The molecule has 0 atom stereocenters. The van der Waals surface area contributed by atoms with Crippen LogP contribution in [0.15, 0.2) is 18.5 Å². The van der Waals surface area contributed by atoms with Crippen LogP contribution in [0.1, 0.15) is 30.1 Å². The summed E-state index contributed by atoms with van der Waals surface area (Å²) >= 11 is 0. The molecule has 1 aromatic heterocycles. The zero-order valence-corrected chi connectivity index (χ0v) is 8.19. The summed E-state index contributed by atoms with van der Waals surface area (Å²) in [5, 5.41) is 0. The Labute approximate surface area is 82.7 Å². The number of hydrogen-bond donors (Lipinski definition) is 1. The number of primary amides is 1. The summed E-state index contributed by atoms with van der Waals surface area (Å²) in [5.74, 6) is -0.218. The maximum absolute atomic E-state index is 11.3. The number of nitrogens with two attached hydrogens (primary N) is 1. The third kappa shape index (κ3) is 2.73. The predicted octanol–water partition coefficient (Wildman–Crippen LogP) is 0.956. The first-order valence-corrected chi connectivity index (χ1v) is 4.60. The first kappa shape index (κ1) is 10.5. The minimum atomic E-state index is -0.331. The van der Waals surface area contributed by atoms with Gasteiger partial charge in [-0.3, -0.25) is 9.59 Å². The van der Waals surface area contributed by atoms with Crippen molar-refractivity contribution in [3.8, 4) is 0 Å². The average molecular weight is 194 g/mol. The Morgan fingerprint density at radius 3 is 2.79 bits per heavy atom. The van der Waals surface area contributed by atoms with Crippen molar-refractivity contribution in [3.05, 3.63) is 24.0 Å². The highest BCUT2D eigenvalue weighted by atomic mass is 16.1. The predicted molar refractivity (Wildman–Crippen MR) is 52.9 cm³/mol. The summed E-state index contributed by atoms with van der Waals surface area (Å²) in [5.41, 5.74) is 5.71. The molecule has 1 aromatic rings. The van der Waals surface area contributed by atoms with Gasteiger partial charge >= 0.3 is 0 Å². The Morgan fingerprint density at radius 1 is 1.50 bits per heavy atom. The van der Waals surface area contributed by atoms with Gasteiger partial charge in [0, 0.05) is 37.3 Å². The fourth-order valence-electron chi connectivity index (χ4n) is 1.19. The molecule has 0 spiro atoms. The number of nitrogens with zero attached hydrogens (tertiary/aromatic N) is 1. The van der Waals surface area contributed by atoms with Crippen LogP contribution in [0, 0.1) is 0 Å². The number of Topliss-reactive ketones (excluding diaryl/α,β-unsaturated/α-hetero) is 1. The van der Waals surface area contributed by atoms with Gasteiger partial charge in [0.2, 0.25) is 5.91 Å². The first-order chi connectivity index (χ1) is 6.63. The lowest BCUT2D eigenvalue weighted by Gasteiger charge is -1.98. The molecule has 0 aliphatic heterocycles. The van der Waals surface area contributed by atoms with Crippen molar-refractivity contribution in [2.45, 2.75) is 26.3 Å². The van der Waals surface area contributed by atoms with Crippen molar-refractivity contribution >= 4 is 11.7 Å². The summed E-state index contributed by atoms with van der Waals surface area (Å²) < 4.78 is 1.80. The summed E-state index contributed by atoms with van der Waals surface area (Å²) in [6.07, 6.45) is 4.33. The van der Waals surface area contributed by atoms with E-state index < -0.39 is 0 Å². The van der Waals surface area contributed by atoms with Crippen molar-refractivity contribution < 1.29 is 9.59 Å². The number of rotatable bonds is 5. The zero-order chi connectivity index (χ0) is 10.6. The lowest BCUT2D eigenvalue weighted by Crippen LogP contribution is -2.13. The lowest BCUT2D eigenvalue weighted by molar-refractivity contribution is -0.118. The van der Waals surface area contributed by atoms with Crippen LogP contribution in [-0.2, 0) is 11.3 Å². The summed E-state index contributed by atoms with van der Waals surface area (Å²) in [6, 6.07) is 1.76. The second-order valence-corrected chi connectivity index (χ2v) is 3.13. The Kier molecular flexibility index (Phi) is 3.45. The number of amides is 1. The molecule has 1 rings (SSSR count). The quantitative estimate of drug-likeness (QED) is 0.709.